The van der Waals surface area contributed by atoms with Crippen LogP contribution in [0, 0.1) is 0 Å². The normalized spacial score (nSPS) is 11.4. The Morgan fingerprint density at radius 2 is 2.11 bits per heavy atom. The van der Waals surface area contributed by atoms with E-state index in [0.717, 1.165) is 25.3 Å². The van der Waals surface area contributed by atoms with Crippen molar-refractivity contribution in [2.45, 2.75) is 13.3 Å². The highest BCUT2D eigenvalue weighted by molar-refractivity contribution is 5.95. The number of aliphatic imine (C=N–C) groups is 1. The number of anilines is 1. The molecule has 0 aliphatic heterocycles. The van der Waals surface area contributed by atoms with Crippen LogP contribution in [0.1, 0.15) is 13.3 Å². The molecule has 0 aliphatic carbocycles. The number of nitrogens with zero attached hydrogens (tertiary/aromatic N) is 2. The van der Waals surface area contributed by atoms with Crippen LogP contribution in [0.2, 0.25) is 0 Å². The Morgan fingerprint density at radius 1 is 1.39 bits per heavy atom. The minimum absolute atomic E-state index is 0.651. The maximum Gasteiger partial charge on any atom is 0.212 e. The van der Waals surface area contributed by atoms with Gasteiger partial charge >= 0.3 is 0 Å². The number of rotatable bonds is 6. The van der Waals surface area contributed by atoms with Crippen LogP contribution in [-0.2, 0) is 4.74 Å². The molecule has 0 atom stereocenters. The summed E-state index contributed by atoms with van der Waals surface area (Å²) in [7, 11) is 1.93. The number of para-hydroxylation sites is 1. The summed E-state index contributed by atoms with van der Waals surface area (Å²) >= 11 is 0. The van der Waals surface area contributed by atoms with Crippen LogP contribution in [-0.4, -0.2) is 32.8 Å². The van der Waals surface area contributed by atoms with E-state index in [0.29, 0.717) is 12.5 Å². The van der Waals surface area contributed by atoms with Crippen molar-refractivity contribution in [3.8, 4) is 0 Å². The number of hydrogen-bond donors (Lipinski definition) is 2. The third-order valence-electron chi connectivity index (χ3n) is 2.50. The Balaban J connectivity index is 2.52. The van der Waals surface area contributed by atoms with E-state index in [2.05, 4.69) is 10.4 Å². The minimum Gasteiger partial charge on any atom is -0.382 e. The van der Waals surface area contributed by atoms with E-state index in [-0.39, 0.29) is 0 Å². The van der Waals surface area contributed by atoms with Crippen molar-refractivity contribution in [3.05, 3.63) is 30.3 Å². The number of benzene rings is 1. The SMILES string of the molecule is CCOCCCN=C(NN)N(C)c1ccccc1. The summed E-state index contributed by atoms with van der Waals surface area (Å²) in [5.74, 6) is 6.15. The number of hydrogen-bond acceptors (Lipinski definition) is 3. The Hall–Kier alpha value is -1.59. The summed E-state index contributed by atoms with van der Waals surface area (Å²) in [6.07, 6.45) is 0.891. The number of guanidine groups is 1. The molecular weight excluding hydrogens is 228 g/mol. The predicted octanol–water partition coefficient (Wildman–Crippen LogP) is 1.37. The molecule has 1 aromatic carbocycles. The van der Waals surface area contributed by atoms with Crippen LogP contribution < -0.4 is 16.2 Å². The van der Waals surface area contributed by atoms with E-state index in [1.165, 1.54) is 0 Å². The molecule has 0 spiro atoms. The molecule has 0 heterocycles. The fourth-order valence-corrected chi connectivity index (χ4v) is 1.52. The van der Waals surface area contributed by atoms with Crippen molar-refractivity contribution >= 4 is 11.6 Å². The quantitative estimate of drug-likeness (QED) is 0.263. The zero-order chi connectivity index (χ0) is 13.2. The number of nitrogens with one attached hydrogen (secondary N) is 1. The first-order chi connectivity index (χ1) is 8.79. The van der Waals surface area contributed by atoms with Gasteiger partial charge in [-0.1, -0.05) is 18.2 Å². The van der Waals surface area contributed by atoms with Gasteiger partial charge in [-0.15, -0.1) is 0 Å². The van der Waals surface area contributed by atoms with E-state index in [1.54, 1.807) is 0 Å². The average molecular weight is 250 g/mol. The molecule has 5 nitrogen and oxygen atoms in total. The van der Waals surface area contributed by atoms with Crippen LogP contribution in [0.25, 0.3) is 0 Å². The van der Waals surface area contributed by atoms with Crippen molar-refractivity contribution in [2.24, 2.45) is 10.8 Å². The summed E-state index contributed by atoms with van der Waals surface area (Å²) < 4.78 is 5.26. The highest BCUT2D eigenvalue weighted by Crippen LogP contribution is 2.10. The summed E-state index contributed by atoms with van der Waals surface area (Å²) in [5, 5.41) is 0. The molecule has 1 rings (SSSR count). The van der Waals surface area contributed by atoms with E-state index in [1.807, 2.05) is 49.2 Å². The molecule has 1 aromatic rings. The fraction of sp³-hybridized carbons (Fsp3) is 0.462. The van der Waals surface area contributed by atoms with Crippen molar-refractivity contribution < 1.29 is 4.74 Å². The third kappa shape index (κ3) is 4.73. The van der Waals surface area contributed by atoms with Gasteiger partial charge in [-0.25, -0.2) is 5.84 Å². The Kier molecular flexibility index (Phi) is 6.83. The molecule has 0 saturated carbocycles. The number of ether oxygens (including phenoxy) is 1. The topological polar surface area (TPSA) is 62.9 Å². The largest absolute Gasteiger partial charge is 0.382 e. The van der Waals surface area contributed by atoms with E-state index in [9.17, 15) is 0 Å². The zero-order valence-corrected chi connectivity index (χ0v) is 11.1. The molecule has 0 radical (unpaired) electrons. The molecule has 0 aliphatic rings. The van der Waals surface area contributed by atoms with Gasteiger partial charge < -0.3 is 9.64 Å². The summed E-state index contributed by atoms with van der Waals surface area (Å²) in [6, 6.07) is 9.95. The lowest BCUT2D eigenvalue weighted by Crippen LogP contribution is -2.43. The van der Waals surface area contributed by atoms with Gasteiger partial charge in [0.05, 0.1) is 0 Å². The monoisotopic (exact) mass is 250 g/mol. The molecular formula is C13H22N4O. The summed E-state index contributed by atoms with van der Waals surface area (Å²) in [6.45, 7) is 4.15. The molecule has 0 fully saturated rings. The van der Waals surface area contributed by atoms with Gasteiger partial charge in [0, 0.05) is 32.5 Å². The molecule has 3 N–H and O–H groups in total. The Morgan fingerprint density at radius 3 is 2.72 bits per heavy atom. The van der Waals surface area contributed by atoms with E-state index < -0.39 is 0 Å². The van der Waals surface area contributed by atoms with Gasteiger partial charge in [-0.3, -0.25) is 10.4 Å². The predicted molar refractivity (Wildman–Crippen MR) is 75.6 cm³/mol. The summed E-state index contributed by atoms with van der Waals surface area (Å²) in [4.78, 5) is 6.33. The summed E-state index contributed by atoms with van der Waals surface area (Å²) in [5.41, 5.74) is 3.67. The molecule has 0 aromatic heterocycles. The van der Waals surface area contributed by atoms with Gasteiger partial charge in [-0.2, -0.15) is 0 Å². The standard InChI is InChI=1S/C13H22N4O/c1-3-18-11-7-10-15-13(16-14)17(2)12-8-5-4-6-9-12/h4-6,8-9H,3,7,10-11,14H2,1-2H3,(H,15,16). The first-order valence-corrected chi connectivity index (χ1v) is 6.17. The van der Waals surface area contributed by atoms with Crippen LogP contribution in [0.4, 0.5) is 5.69 Å². The fourth-order valence-electron chi connectivity index (χ4n) is 1.52. The van der Waals surface area contributed by atoms with E-state index in [4.69, 9.17) is 10.6 Å². The van der Waals surface area contributed by atoms with Gasteiger partial charge in [0.1, 0.15) is 0 Å². The zero-order valence-electron chi connectivity index (χ0n) is 11.1. The highest BCUT2D eigenvalue weighted by Gasteiger charge is 2.05. The molecule has 0 unspecified atom stereocenters. The molecule has 0 saturated heterocycles. The maximum atomic E-state index is 5.50. The lowest BCUT2D eigenvalue weighted by atomic mass is 10.3. The first kappa shape index (κ1) is 14.5. The molecule has 0 bridgehead atoms. The average Bonchev–Trinajstić information content (AvgIpc) is 2.43. The van der Waals surface area contributed by atoms with Gasteiger partial charge in [0.2, 0.25) is 5.96 Å². The van der Waals surface area contributed by atoms with Crippen molar-refractivity contribution in [2.75, 3.05) is 31.7 Å². The first-order valence-electron chi connectivity index (χ1n) is 6.17. The number of hydrazine groups is 1. The highest BCUT2D eigenvalue weighted by atomic mass is 16.5. The van der Waals surface area contributed by atoms with Crippen LogP contribution >= 0.6 is 0 Å². The minimum atomic E-state index is 0.651. The van der Waals surface area contributed by atoms with Gasteiger partial charge in [-0.05, 0) is 25.5 Å². The molecule has 100 valence electrons. The Labute approximate surface area is 109 Å². The second-order valence-corrected chi connectivity index (χ2v) is 3.79. The lowest BCUT2D eigenvalue weighted by Gasteiger charge is -2.20. The van der Waals surface area contributed by atoms with Crippen molar-refractivity contribution in [1.82, 2.24) is 5.43 Å². The maximum absolute atomic E-state index is 5.50. The second kappa shape index (κ2) is 8.49. The van der Waals surface area contributed by atoms with E-state index >= 15 is 0 Å². The van der Waals surface area contributed by atoms with Crippen LogP contribution in [0.3, 0.4) is 0 Å². The van der Waals surface area contributed by atoms with Crippen molar-refractivity contribution in [1.29, 1.82) is 0 Å². The smallest absolute Gasteiger partial charge is 0.212 e. The lowest BCUT2D eigenvalue weighted by molar-refractivity contribution is 0.146. The van der Waals surface area contributed by atoms with Crippen LogP contribution in [0.5, 0.6) is 0 Å². The van der Waals surface area contributed by atoms with Gasteiger partial charge in [0.25, 0.3) is 0 Å². The molecule has 5 heteroatoms. The second-order valence-electron chi connectivity index (χ2n) is 3.79. The Bertz CT molecular complexity index is 353. The van der Waals surface area contributed by atoms with Gasteiger partial charge in [0.15, 0.2) is 0 Å². The molecule has 0 amide bonds. The number of nitrogens with two attached hydrogens (primary N) is 1. The molecule has 18 heavy (non-hydrogen) atoms. The van der Waals surface area contributed by atoms with Crippen LogP contribution in [0.15, 0.2) is 35.3 Å². The van der Waals surface area contributed by atoms with Crippen molar-refractivity contribution in [3.63, 3.8) is 0 Å². The third-order valence-corrected chi connectivity index (χ3v) is 2.50.